The number of aromatic nitrogens is 1. The maximum absolute atomic E-state index is 12.7. The molecule has 6 rings (SSSR count). The van der Waals surface area contributed by atoms with Gasteiger partial charge in [0.05, 0.1) is 17.3 Å². The van der Waals surface area contributed by atoms with E-state index < -0.39 is 18.0 Å². The summed E-state index contributed by atoms with van der Waals surface area (Å²) in [5.74, 6) is -0.727. The number of aryl methyl sites for hydroxylation is 2. The number of hydrogen-bond donors (Lipinski definition) is 6. The Kier molecular flexibility index (Phi) is 9.23. The predicted octanol–water partition coefficient (Wildman–Crippen LogP) is 5.23. The van der Waals surface area contributed by atoms with Gasteiger partial charge in [-0.2, -0.15) is 0 Å². The van der Waals surface area contributed by atoms with E-state index in [1.54, 1.807) is 16.7 Å². The van der Waals surface area contributed by atoms with E-state index in [0.717, 1.165) is 28.7 Å². The highest BCUT2D eigenvalue weighted by Gasteiger charge is 2.25. The molecule has 0 radical (unpaired) electrons. The van der Waals surface area contributed by atoms with Crippen molar-refractivity contribution in [2.24, 2.45) is 0 Å². The number of aromatic hydroxyl groups is 1. The molecule has 1 aliphatic heterocycles. The molecule has 1 atom stereocenters. The molecule has 1 aliphatic rings. The molecule has 0 saturated carbocycles. The predicted molar refractivity (Wildman–Crippen MR) is 176 cm³/mol. The second-order valence-corrected chi connectivity index (χ2v) is 11.3. The zero-order valence-electron chi connectivity index (χ0n) is 25.4. The lowest BCUT2D eigenvalue weighted by molar-refractivity contribution is -0.118. The molecule has 6 N–H and O–H groups in total. The first-order chi connectivity index (χ1) is 22.8. The van der Waals surface area contributed by atoms with Gasteiger partial charge in [-0.05, 0) is 66.3 Å². The van der Waals surface area contributed by atoms with E-state index in [2.05, 4.69) is 16.0 Å². The SMILES string of the molecule is O=C(O)Nc1cc(CCCCn2c(=O)oc3cc(CNC[C@H](O)c4ccc(O)c5c4OCC(=O)N5)ccc32)ccc1-c1ccccc1. The molecule has 0 spiro atoms. The highest BCUT2D eigenvalue weighted by molar-refractivity contribution is 5.97. The lowest BCUT2D eigenvalue weighted by Gasteiger charge is -2.23. The summed E-state index contributed by atoms with van der Waals surface area (Å²) in [5.41, 5.74) is 5.83. The van der Waals surface area contributed by atoms with Gasteiger partial charge in [0.1, 0.15) is 11.4 Å². The van der Waals surface area contributed by atoms with Crippen molar-refractivity contribution in [3.63, 3.8) is 0 Å². The maximum Gasteiger partial charge on any atom is 0.419 e. The number of ether oxygens (including phenoxy) is 1. The van der Waals surface area contributed by atoms with Crippen LogP contribution in [-0.4, -0.2) is 45.0 Å². The molecule has 2 heterocycles. The summed E-state index contributed by atoms with van der Waals surface area (Å²) in [6.45, 7) is 0.823. The van der Waals surface area contributed by atoms with Crippen LogP contribution in [0.3, 0.4) is 0 Å². The third-order valence-electron chi connectivity index (χ3n) is 8.04. The van der Waals surface area contributed by atoms with E-state index in [1.807, 2.05) is 60.7 Å². The summed E-state index contributed by atoms with van der Waals surface area (Å²) in [5, 5.41) is 38.4. The van der Waals surface area contributed by atoms with Crippen LogP contribution in [0.25, 0.3) is 22.2 Å². The molecule has 2 amide bonds. The molecule has 0 aliphatic carbocycles. The molecule has 4 aromatic carbocycles. The van der Waals surface area contributed by atoms with Crippen LogP contribution in [0.15, 0.2) is 88.1 Å². The Morgan fingerprint density at radius 1 is 0.979 bits per heavy atom. The number of carbonyl (C=O) groups is 2. The zero-order valence-corrected chi connectivity index (χ0v) is 25.4. The molecule has 12 heteroatoms. The maximum atomic E-state index is 12.7. The topological polar surface area (TPSA) is 175 Å². The average molecular weight is 639 g/mol. The quantitative estimate of drug-likeness (QED) is 0.0789. The second-order valence-electron chi connectivity index (χ2n) is 11.3. The van der Waals surface area contributed by atoms with Crippen LogP contribution in [0.4, 0.5) is 16.2 Å². The standard InChI is InChI=1S/C35H34N4O8/c40-28-14-12-25(33-32(28)38-31(42)20-46-33)29(41)19-36-18-22-10-13-27-30(17-22)47-35(45)39(27)15-5-4-6-21-9-11-24(23-7-2-1-3-8-23)26(16-21)37-34(43)44/h1-3,7-14,16-17,29,36-37,40-41H,4-6,15,18-20H2,(H,38,42)(H,43,44)/t29-/m0/s1. The Morgan fingerprint density at radius 3 is 2.60 bits per heavy atom. The second kappa shape index (κ2) is 13.8. The minimum absolute atomic E-state index is 0.141. The third kappa shape index (κ3) is 7.13. The summed E-state index contributed by atoms with van der Waals surface area (Å²) in [6, 6.07) is 23.8. The molecule has 12 nitrogen and oxygen atoms in total. The van der Waals surface area contributed by atoms with Crippen LogP contribution >= 0.6 is 0 Å². The van der Waals surface area contributed by atoms with Crippen LogP contribution < -0.4 is 26.4 Å². The number of unbranched alkanes of at least 4 members (excludes halogenated alkanes) is 1. The Labute approximate surface area is 269 Å². The first kappa shape index (κ1) is 31.4. The van der Waals surface area contributed by atoms with Gasteiger partial charge in [0.25, 0.3) is 5.91 Å². The number of oxazole rings is 1. The summed E-state index contributed by atoms with van der Waals surface area (Å²) in [4.78, 5) is 35.7. The molecule has 242 valence electrons. The number of nitrogens with zero attached hydrogens (tertiary/aromatic N) is 1. The Bertz CT molecular complexity index is 1990. The molecule has 5 aromatic rings. The Balaban J connectivity index is 1.04. The number of aliphatic hydroxyl groups is 1. The van der Waals surface area contributed by atoms with Crippen LogP contribution in [0.2, 0.25) is 0 Å². The summed E-state index contributed by atoms with van der Waals surface area (Å²) < 4.78 is 12.6. The minimum Gasteiger partial charge on any atom is -0.506 e. The number of hydrogen-bond acceptors (Lipinski definition) is 8. The minimum atomic E-state index is -1.12. The van der Waals surface area contributed by atoms with Crippen LogP contribution in [0.5, 0.6) is 11.5 Å². The van der Waals surface area contributed by atoms with E-state index in [9.17, 15) is 29.7 Å². The van der Waals surface area contributed by atoms with Gasteiger partial charge >= 0.3 is 11.8 Å². The number of benzene rings is 4. The average Bonchev–Trinajstić information content (AvgIpc) is 3.37. The van der Waals surface area contributed by atoms with Crippen molar-refractivity contribution in [1.29, 1.82) is 0 Å². The van der Waals surface area contributed by atoms with E-state index >= 15 is 0 Å². The number of phenolic OH excluding ortho intramolecular Hbond substituents is 1. The number of carbonyl (C=O) groups excluding carboxylic acids is 1. The van der Waals surface area contributed by atoms with Crippen LogP contribution in [0, 0.1) is 0 Å². The zero-order chi connectivity index (χ0) is 32.9. The van der Waals surface area contributed by atoms with Gasteiger partial charge in [-0.3, -0.25) is 14.7 Å². The molecule has 47 heavy (non-hydrogen) atoms. The van der Waals surface area contributed by atoms with Gasteiger partial charge in [-0.1, -0.05) is 48.5 Å². The normalized spacial score (nSPS) is 13.1. The molecule has 0 fully saturated rings. The number of nitrogens with one attached hydrogen (secondary N) is 3. The molecule has 0 bridgehead atoms. The fraction of sp³-hybridized carbons (Fsp3) is 0.229. The number of rotatable bonds is 12. The molecular formula is C35H34N4O8. The largest absolute Gasteiger partial charge is 0.506 e. The number of fused-ring (bicyclic) bond motifs is 2. The lowest BCUT2D eigenvalue weighted by atomic mass is 9.99. The number of carboxylic acid groups (broad SMARTS) is 1. The molecule has 1 aromatic heterocycles. The summed E-state index contributed by atoms with van der Waals surface area (Å²) >= 11 is 0. The summed E-state index contributed by atoms with van der Waals surface area (Å²) in [7, 11) is 0. The van der Waals surface area contributed by atoms with E-state index in [-0.39, 0.29) is 36.2 Å². The van der Waals surface area contributed by atoms with Gasteiger partial charge in [0.2, 0.25) is 0 Å². The Hall–Kier alpha value is -5.59. The van der Waals surface area contributed by atoms with Crippen LogP contribution in [-0.2, 0) is 24.3 Å². The number of amides is 2. The lowest BCUT2D eigenvalue weighted by Crippen LogP contribution is -2.27. The van der Waals surface area contributed by atoms with Crippen molar-refractivity contribution < 1.29 is 34.1 Å². The third-order valence-corrected chi connectivity index (χ3v) is 8.04. The van der Waals surface area contributed by atoms with Crippen molar-refractivity contribution in [3.05, 3.63) is 106 Å². The van der Waals surface area contributed by atoms with E-state index in [1.165, 1.54) is 6.07 Å². The van der Waals surface area contributed by atoms with Crippen molar-refractivity contribution in [2.45, 2.75) is 38.5 Å². The van der Waals surface area contributed by atoms with Gasteiger partial charge < -0.3 is 35.1 Å². The number of phenols is 1. The van der Waals surface area contributed by atoms with Gasteiger partial charge in [0, 0.05) is 30.8 Å². The van der Waals surface area contributed by atoms with Gasteiger partial charge in [-0.15, -0.1) is 0 Å². The van der Waals surface area contributed by atoms with E-state index in [4.69, 9.17) is 9.15 Å². The van der Waals surface area contributed by atoms with E-state index in [0.29, 0.717) is 48.3 Å². The summed E-state index contributed by atoms with van der Waals surface area (Å²) in [6.07, 6.45) is 0.114. The van der Waals surface area contributed by atoms with Crippen LogP contribution in [0.1, 0.15) is 35.6 Å². The fourth-order valence-electron chi connectivity index (χ4n) is 5.77. The molecule has 0 saturated heterocycles. The smallest absolute Gasteiger partial charge is 0.419 e. The van der Waals surface area contributed by atoms with Crippen molar-refractivity contribution in [3.8, 4) is 22.6 Å². The Morgan fingerprint density at radius 2 is 1.79 bits per heavy atom. The number of anilines is 2. The van der Waals surface area contributed by atoms with Crippen molar-refractivity contribution in [1.82, 2.24) is 9.88 Å². The monoisotopic (exact) mass is 638 g/mol. The van der Waals surface area contributed by atoms with Gasteiger partial charge in [0.15, 0.2) is 17.9 Å². The highest BCUT2D eigenvalue weighted by atomic mass is 16.5. The fourth-order valence-corrected chi connectivity index (χ4v) is 5.77. The van der Waals surface area contributed by atoms with Crippen molar-refractivity contribution >= 4 is 34.5 Å². The molecule has 0 unspecified atom stereocenters. The van der Waals surface area contributed by atoms with Crippen molar-refractivity contribution in [2.75, 3.05) is 23.8 Å². The highest BCUT2D eigenvalue weighted by Crippen LogP contribution is 2.41. The first-order valence-corrected chi connectivity index (χ1v) is 15.2. The number of aliphatic hydroxyl groups excluding tert-OH is 1. The molecular weight excluding hydrogens is 604 g/mol. The first-order valence-electron chi connectivity index (χ1n) is 15.2. The van der Waals surface area contributed by atoms with Gasteiger partial charge in [-0.25, -0.2) is 9.59 Å².